The number of carbonyl (C=O) groups excluding carboxylic acids is 1. The molecule has 0 spiro atoms. The summed E-state index contributed by atoms with van der Waals surface area (Å²) in [6.07, 6.45) is 1.83. The van der Waals surface area contributed by atoms with Gasteiger partial charge in [0.1, 0.15) is 11.3 Å². The highest BCUT2D eigenvalue weighted by Crippen LogP contribution is 2.22. The number of amides is 1. The van der Waals surface area contributed by atoms with Crippen molar-refractivity contribution in [3.63, 3.8) is 0 Å². The molecule has 0 radical (unpaired) electrons. The number of carboxylic acid groups (broad SMARTS) is 1. The number of ether oxygens (including phenoxy) is 1. The lowest BCUT2D eigenvalue weighted by molar-refractivity contribution is -0.125. The van der Waals surface area contributed by atoms with Gasteiger partial charge in [0, 0.05) is 13.1 Å². The molecule has 2 N–H and O–H groups in total. The minimum atomic E-state index is -1.05. The predicted molar refractivity (Wildman–Crippen MR) is 102 cm³/mol. The molecule has 0 aromatic heterocycles. The molecule has 0 saturated carbocycles. The maximum Gasteiger partial charge on any atom is 0.339 e. The molecular formula is C21H24N2O4. The van der Waals surface area contributed by atoms with Crippen molar-refractivity contribution in [3.05, 3.63) is 65.2 Å². The monoisotopic (exact) mass is 368 g/mol. The molecule has 27 heavy (non-hydrogen) atoms. The fraction of sp³-hybridized carbons (Fsp3) is 0.333. The molecule has 1 heterocycles. The van der Waals surface area contributed by atoms with Crippen LogP contribution in [0.15, 0.2) is 48.5 Å². The summed E-state index contributed by atoms with van der Waals surface area (Å²) in [5, 5.41) is 12.2. The number of nitrogens with zero attached hydrogens (tertiary/aromatic N) is 1. The zero-order valence-corrected chi connectivity index (χ0v) is 15.4. The van der Waals surface area contributed by atoms with Crippen molar-refractivity contribution in [2.45, 2.75) is 32.0 Å². The minimum absolute atomic E-state index is 0.0175. The standard InChI is InChI=1S/C21H24N2O4/c1-27-19-10-9-16(12-17(19)21(25)26)13-22-20(24)18-8-5-11-23(18)14-15-6-3-2-4-7-15/h2-4,6-7,9-10,12,18H,5,8,11,13-14H2,1H3,(H,22,24)(H,25,26). The molecule has 1 unspecified atom stereocenters. The zero-order valence-electron chi connectivity index (χ0n) is 15.4. The van der Waals surface area contributed by atoms with E-state index in [1.165, 1.54) is 18.7 Å². The zero-order chi connectivity index (χ0) is 19.2. The Labute approximate surface area is 158 Å². The summed E-state index contributed by atoms with van der Waals surface area (Å²) in [6.45, 7) is 1.95. The number of likely N-dealkylation sites (tertiary alicyclic amines) is 1. The Morgan fingerprint density at radius 1 is 1.19 bits per heavy atom. The first kappa shape index (κ1) is 18.9. The molecule has 0 bridgehead atoms. The van der Waals surface area contributed by atoms with Crippen LogP contribution in [0.2, 0.25) is 0 Å². The van der Waals surface area contributed by atoms with E-state index >= 15 is 0 Å². The number of aromatic carboxylic acids is 1. The highest BCUT2D eigenvalue weighted by molar-refractivity contribution is 5.91. The topological polar surface area (TPSA) is 78.9 Å². The molecule has 0 aliphatic carbocycles. The third kappa shape index (κ3) is 4.65. The van der Waals surface area contributed by atoms with E-state index in [0.29, 0.717) is 12.3 Å². The van der Waals surface area contributed by atoms with Gasteiger partial charge in [-0.25, -0.2) is 4.79 Å². The second kappa shape index (κ2) is 8.68. The Kier molecular flexibility index (Phi) is 6.08. The molecule has 6 heteroatoms. The average molecular weight is 368 g/mol. The highest BCUT2D eigenvalue weighted by atomic mass is 16.5. The van der Waals surface area contributed by atoms with Crippen LogP contribution >= 0.6 is 0 Å². The number of rotatable bonds is 7. The van der Waals surface area contributed by atoms with Crippen LogP contribution in [-0.2, 0) is 17.9 Å². The quantitative estimate of drug-likeness (QED) is 0.786. The molecule has 6 nitrogen and oxygen atoms in total. The van der Waals surface area contributed by atoms with E-state index < -0.39 is 5.97 Å². The van der Waals surface area contributed by atoms with Gasteiger partial charge in [-0.15, -0.1) is 0 Å². The molecule has 1 saturated heterocycles. The second-order valence-electron chi connectivity index (χ2n) is 6.67. The fourth-order valence-electron chi connectivity index (χ4n) is 3.47. The van der Waals surface area contributed by atoms with Crippen molar-refractivity contribution in [1.29, 1.82) is 0 Å². The van der Waals surface area contributed by atoms with Crippen LogP contribution in [0.3, 0.4) is 0 Å². The van der Waals surface area contributed by atoms with Crippen molar-refractivity contribution in [3.8, 4) is 5.75 Å². The van der Waals surface area contributed by atoms with Gasteiger partial charge in [0.2, 0.25) is 5.91 Å². The molecule has 2 aromatic rings. The van der Waals surface area contributed by atoms with Crippen LogP contribution in [0, 0.1) is 0 Å². The summed E-state index contributed by atoms with van der Waals surface area (Å²) in [5.74, 6) is -0.761. The second-order valence-corrected chi connectivity index (χ2v) is 6.67. The van der Waals surface area contributed by atoms with Gasteiger partial charge in [0.25, 0.3) is 0 Å². The lowest BCUT2D eigenvalue weighted by Gasteiger charge is -2.23. The molecule has 1 aliphatic heterocycles. The van der Waals surface area contributed by atoms with Crippen molar-refractivity contribution in [2.24, 2.45) is 0 Å². The molecule has 1 atom stereocenters. The first-order valence-electron chi connectivity index (χ1n) is 9.04. The number of carboxylic acids is 1. The maximum atomic E-state index is 12.7. The van der Waals surface area contributed by atoms with Crippen LogP contribution in [0.4, 0.5) is 0 Å². The van der Waals surface area contributed by atoms with Crippen LogP contribution < -0.4 is 10.1 Å². The van der Waals surface area contributed by atoms with Crippen molar-refractivity contribution in [1.82, 2.24) is 10.2 Å². The van der Waals surface area contributed by atoms with E-state index in [0.717, 1.165) is 31.5 Å². The Morgan fingerprint density at radius 2 is 1.96 bits per heavy atom. The van der Waals surface area contributed by atoms with E-state index in [2.05, 4.69) is 22.3 Å². The third-order valence-corrected chi connectivity index (χ3v) is 4.86. The smallest absolute Gasteiger partial charge is 0.339 e. The fourth-order valence-corrected chi connectivity index (χ4v) is 3.47. The lowest BCUT2D eigenvalue weighted by atomic mass is 10.1. The van der Waals surface area contributed by atoms with E-state index in [1.807, 2.05) is 18.2 Å². The van der Waals surface area contributed by atoms with Gasteiger partial charge in [-0.3, -0.25) is 9.69 Å². The molecular weight excluding hydrogens is 344 g/mol. The van der Waals surface area contributed by atoms with Gasteiger partial charge in [0.05, 0.1) is 13.2 Å². The Bertz CT molecular complexity index is 807. The van der Waals surface area contributed by atoms with Crippen molar-refractivity contribution in [2.75, 3.05) is 13.7 Å². The first-order chi connectivity index (χ1) is 13.1. The van der Waals surface area contributed by atoms with E-state index in [4.69, 9.17) is 4.74 Å². The summed E-state index contributed by atoms with van der Waals surface area (Å²) in [7, 11) is 1.44. The van der Waals surface area contributed by atoms with E-state index in [1.54, 1.807) is 12.1 Å². The Balaban J connectivity index is 1.61. The van der Waals surface area contributed by atoms with Crippen LogP contribution in [0.1, 0.15) is 34.3 Å². The predicted octanol–water partition coefficient (Wildman–Crippen LogP) is 2.67. The lowest BCUT2D eigenvalue weighted by Crippen LogP contribution is -2.42. The maximum absolute atomic E-state index is 12.7. The summed E-state index contributed by atoms with van der Waals surface area (Å²) < 4.78 is 5.06. The molecule has 1 amide bonds. The highest BCUT2D eigenvalue weighted by Gasteiger charge is 2.30. The number of hydrogen-bond acceptors (Lipinski definition) is 4. The van der Waals surface area contributed by atoms with Gasteiger partial charge in [0.15, 0.2) is 0 Å². The van der Waals surface area contributed by atoms with Gasteiger partial charge >= 0.3 is 5.97 Å². The van der Waals surface area contributed by atoms with Crippen molar-refractivity contribution >= 4 is 11.9 Å². The molecule has 142 valence electrons. The number of nitrogens with one attached hydrogen (secondary N) is 1. The molecule has 3 rings (SSSR count). The minimum Gasteiger partial charge on any atom is -0.496 e. The van der Waals surface area contributed by atoms with E-state index in [9.17, 15) is 14.7 Å². The SMILES string of the molecule is COc1ccc(CNC(=O)C2CCCN2Cc2ccccc2)cc1C(=O)O. The number of benzene rings is 2. The average Bonchev–Trinajstić information content (AvgIpc) is 3.14. The van der Waals surface area contributed by atoms with Gasteiger partial charge in [-0.05, 0) is 42.6 Å². The number of carbonyl (C=O) groups is 2. The largest absolute Gasteiger partial charge is 0.496 e. The summed E-state index contributed by atoms with van der Waals surface area (Å²) in [6, 6.07) is 14.9. The molecule has 1 fully saturated rings. The Hall–Kier alpha value is -2.86. The molecule has 2 aromatic carbocycles. The van der Waals surface area contributed by atoms with Crippen molar-refractivity contribution < 1.29 is 19.4 Å². The third-order valence-electron chi connectivity index (χ3n) is 4.86. The Morgan fingerprint density at radius 3 is 2.67 bits per heavy atom. The van der Waals surface area contributed by atoms with Gasteiger partial charge in [-0.2, -0.15) is 0 Å². The van der Waals surface area contributed by atoms with Crippen LogP contribution in [0.25, 0.3) is 0 Å². The number of methoxy groups -OCH3 is 1. The van der Waals surface area contributed by atoms with E-state index in [-0.39, 0.29) is 17.5 Å². The number of hydrogen-bond donors (Lipinski definition) is 2. The normalized spacial score (nSPS) is 16.9. The van der Waals surface area contributed by atoms with Gasteiger partial charge < -0.3 is 15.2 Å². The molecule has 1 aliphatic rings. The van der Waals surface area contributed by atoms with Crippen LogP contribution in [-0.4, -0.2) is 41.6 Å². The van der Waals surface area contributed by atoms with Gasteiger partial charge in [-0.1, -0.05) is 36.4 Å². The summed E-state index contributed by atoms with van der Waals surface area (Å²) in [5.41, 5.74) is 2.02. The summed E-state index contributed by atoms with van der Waals surface area (Å²) in [4.78, 5) is 26.2. The first-order valence-corrected chi connectivity index (χ1v) is 9.04. The van der Waals surface area contributed by atoms with Crippen LogP contribution in [0.5, 0.6) is 5.75 Å². The summed E-state index contributed by atoms with van der Waals surface area (Å²) >= 11 is 0.